The second-order valence-corrected chi connectivity index (χ2v) is 2.84. The number of rotatable bonds is 1. The van der Waals surface area contributed by atoms with E-state index in [1.165, 1.54) is 0 Å². The zero-order valence-electron chi connectivity index (χ0n) is 5.72. The quantitative estimate of drug-likeness (QED) is 0.561. The molecule has 3 heteroatoms. The minimum absolute atomic E-state index is 0.0173. The average Bonchev–Trinajstić information content (AvgIpc) is 2.10. The van der Waals surface area contributed by atoms with Crippen molar-refractivity contribution in [1.82, 2.24) is 0 Å². The topological polar surface area (TPSA) is 41.8 Å². The Kier molecular flexibility index (Phi) is 1.45. The molecule has 0 saturated heterocycles. The molecule has 1 aliphatic heterocycles. The molecular weight excluding hydrogens is 118 g/mol. The van der Waals surface area contributed by atoms with E-state index in [1.54, 1.807) is 0 Å². The maximum absolute atomic E-state index is 8.59. The lowest BCUT2D eigenvalue weighted by atomic mass is 10.0. The van der Waals surface area contributed by atoms with Crippen molar-refractivity contribution in [3.8, 4) is 0 Å². The molecule has 0 aliphatic carbocycles. The van der Waals surface area contributed by atoms with Crippen molar-refractivity contribution in [3.63, 3.8) is 0 Å². The van der Waals surface area contributed by atoms with Gasteiger partial charge in [-0.3, -0.25) is 0 Å². The monoisotopic (exact) mass is 129 g/mol. The van der Waals surface area contributed by atoms with E-state index in [0.717, 1.165) is 12.1 Å². The minimum Gasteiger partial charge on any atom is -0.390 e. The average molecular weight is 129 g/mol. The predicted octanol–water partition coefficient (Wildman–Crippen LogP) is 0.534. The molecule has 52 valence electrons. The van der Waals surface area contributed by atoms with E-state index < -0.39 is 0 Å². The molecule has 1 aliphatic rings. The summed E-state index contributed by atoms with van der Waals surface area (Å²) in [6, 6.07) is 0. The van der Waals surface area contributed by atoms with Crippen LogP contribution in [0.25, 0.3) is 0 Å². The van der Waals surface area contributed by atoms with Crippen LogP contribution in [-0.2, 0) is 4.84 Å². The van der Waals surface area contributed by atoms with Crippen molar-refractivity contribution in [3.05, 3.63) is 0 Å². The number of nitrogens with zero attached hydrogens (tertiary/aromatic N) is 1. The van der Waals surface area contributed by atoms with Crippen LogP contribution in [0, 0.1) is 0 Å². The number of hydrogen-bond acceptors (Lipinski definition) is 3. The lowest BCUT2D eigenvalue weighted by molar-refractivity contribution is 0.0123. The molecule has 3 nitrogen and oxygen atoms in total. The van der Waals surface area contributed by atoms with Gasteiger partial charge in [0.1, 0.15) is 5.60 Å². The van der Waals surface area contributed by atoms with Gasteiger partial charge in [-0.2, -0.15) is 0 Å². The van der Waals surface area contributed by atoms with Gasteiger partial charge in [0.15, 0.2) is 0 Å². The Morgan fingerprint density at radius 1 is 1.78 bits per heavy atom. The Bertz CT molecular complexity index is 140. The molecule has 0 radical (unpaired) electrons. The third kappa shape index (κ3) is 1.42. The van der Waals surface area contributed by atoms with Crippen LogP contribution in [0.4, 0.5) is 0 Å². The Hall–Kier alpha value is -0.570. The normalized spacial score (nSPS) is 23.2. The zero-order chi connectivity index (χ0) is 6.91. The van der Waals surface area contributed by atoms with Crippen LogP contribution in [0.15, 0.2) is 5.16 Å². The third-order valence-electron chi connectivity index (χ3n) is 1.23. The van der Waals surface area contributed by atoms with Crippen LogP contribution in [0.3, 0.4) is 0 Å². The van der Waals surface area contributed by atoms with Crippen LogP contribution < -0.4 is 0 Å². The first-order valence-electron chi connectivity index (χ1n) is 2.99. The molecule has 0 atom stereocenters. The summed E-state index contributed by atoms with van der Waals surface area (Å²) in [5.41, 5.74) is 0.540. The van der Waals surface area contributed by atoms with E-state index >= 15 is 0 Å². The first-order chi connectivity index (χ1) is 4.14. The SMILES string of the molecule is CC1(C)CC(CO)=NO1. The summed E-state index contributed by atoms with van der Waals surface area (Å²) in [6.07, 6.45) is 0.740. The van der Waals surface area contributed by atoms with Crippen molar-refractivity contribution >= 4 is 5.71 Å². The highest BCUT2D eigenvalue weighted by Gasteiger charge is 2.27. The highest BCUT2D eigenvalue weighted by atomic mass is 16.7. The molecule has 0 bridgehead atoms. The fourth-order valence-electron chi connectivity index (χ4n) is 0.829. The van der Waals surface area contributed by atoms with Gasteiger partial charge >= 0.3 is 0 Å². The van der Waals surface area contributed by atoms with Gasteiger partial charge in [-0.1, -0.05) is 5.16 Å². The van der Waals surface area contributed by atoms with E-state index in [0.29, 0.717) is 0 Å². The summed E-state index contributed by atoms with van der Waals surface area (Å²) < 4.78 is 0. The van der Waals surface area contributed by atoms with Gasteiger partial charge in [0.05, 0.1) is 12.3 Å². The first kappa shape index (κ1) is 6.55. The molecule has 0 aromatic carbocycles. The van der Waals surface area contributed by atoms with Gasteiger partial charge in [-0.25, -0.2) is 0 Å². The predicted molar refractivity (Wildman–Crippen MR) is 34.3 cm³/mol. The van der Waals surface area contributed by atoms with Gasteiger partial charge in [0, 0.05) is 6.42 Å². The van der Waals surface area contributed by atoms with Crippen LogP contribution in [0.1, 0.15) is 20.3 Å². The summed E-state index contributed by atoms with van der Waals surface area (Å²) in [7, 11) is 0. The van der Waals surface area contributed by atoms with E-state index in [9.17, 15) is 0 Å². The summed E-state index contributed by atoms with van der Waals surface area (Å²) in [5, 5.41) is 12.3. The Labute approximate surface area is 54.3 Å². The molecule has 1 N–H and O–H groups in total. The lowest BCUT2D eigenvalue weighted by Gasteiger charge is -2.12. The van der Waals surface area contributed by atoms with Gasteiger partial charge in [0.25, 0.3) is 0 Å². The number of oxime groups is 1. The molecule has 0 spiro atoms. The van der Waals surface area contributed by atoms with Crippen molar-refractivity contribution in [2.45, 2.75) is 25.9 Å². The summed E-state index contributed by atoms with van der Waals surface area (Å²) in [5.74, 6) is 0. The van der Waals surface area contributed by atoms with E-state index in [2.05, 4.69) is 5.16 Å². The summed E-state index contributed by atoms with van der Waals surface area (Å²) in [4.78, 5) is 4.97. The van der Waals surface area contributed by atoms with Crippen LogP contribution >= 0.6 is 0 Å². The largest absolute Gasteiger partial charge is 0.390 e. The molecule has 0 aromatic rings. The first-order valence-corrected chi connectivity index (χ1v) is 2.99. The summed E-state index contributed by atoms with van der Waals surface area (Å²) >= 11 is 0. The molecule has 0 amide bonds. The molecule has 0 aromatic heterocycles. The van der Waals surface area contributed by atoms with Crippen LogP contribution in [0.2, 0.25) is 0 Å². The van der Waals surface area contributed by atoms with Crippen molar-refractivity contribution in [2.75, 3.05) is 6.61 Å². The van der Waals surface area contributed by atoms with E-state index in [-0.39, 0.29) is 12.2 Å². The van der Waals surface area contributed by atoms with Gasteiger partial charge < -0.3 is 9.94 Å². The van der Waals surface area contributed by atoms with Crippen LogP contribution in [0.5, 0.6) is 0 Å². The van der Waals surface area contributed by atoms with Crippen LogP contribution in [-0.4, -0.2) is 23.0 Å². The molecule has 1 heterocycles. The zero-order valence-corrected chi connectivity index (χ0v) is 5.72. The Balaban J connectivity index is 2.50. The fourth-order valence-corrected chi connectivity index (χ4v) is 0.829. The molecule has 1 rings (SSSR count). The third-order valence-corrected chi connectivity index (χ3v) is 1.23. The standard InChI is InChI=1S/C6H11NO2/c1-6(2)3-5(4-8)7-9-6/h8H,3-4H2,1-2H3. The molecule has 0 unspecified atom stereocenters. The van der Waals surface area contributed by atoms with E-state index in [1.807, 2.05) is 13.8 Å². The molecule has 0 saturated carbocycles. The fraction of sp³-hybridized carbons (Fsp3) is 0.833. The molecular formula is C6H11NO2. The number of hydrogen-bond donors (Lipinski definition) is 1. The molecule has 0 fully saturated rings. The van der Waals surface area contributed by atoms with Gasteiger partial charge in [-0.15, -0.1) is 0 Å². The minimum atomic E-state index is -0.196. The number of aliphatic hydroxyl groups excluding tert-OH is 1. The maximum atomic E-state index is 8.59. The van der Waals surface area contributed by atoms with Gasteiger partial charge in [-0.05, 0) is 13.8 Å². The van der Waals surface area contributed by atoms with Gasteiger partial charge in [0.2, 0.25) is 0 Å². The van der Waals surface area contributed by atoms with Crippen molar-refractivity contribution in [2.24, 2.45) is 5.16 Å². The Morgan fingerprint density at radius 2 is 2.44 bits per heavy atom. The highest BCUT2D eigenvalue weighted by Crippen LogP contribution is 2.21. The summed E-state index contributed by atoms with van der Waals surface area (Å²) in [6.45, 7) is 3.90. The number of aliphatic hydroxyl groups is 1. The van der Waals surface area contributed by atoms with E-state index in [4.69, 9.17) is 9.94 Å². The second kappa shape index (κ2) is 1.99. The second-order valence-electron chi connectivity index (χ2n) is 2.84. The smallest absolute Gasteiger partial charge is 0.137 e. The van der Waals surface area contributed by atoms with Crippen molar-refractivity contribution < 1.29 is 9.94 Å². The lowest BCUT2D eigenvalue weighted by Crippen LogP contribution is -2.19. The highest BCUT2D eigenvalue weighted by molar-refractivity contribution is 5.86. The maximum Gasteiger partial charge on any atom is 0.137 e. The Morgan fingerprint density at radius 3 is 2.67 bits per heavy atom. The van der Waals surface area contributed by atoms with Crippen molar-refractivity contribution in [1.29, 1.82) is 0 Å². The molecule has 9 heavy (non-hydrogen) atoms.